The van der Waals surface area contributed by atoms with Crippen molar-refractivity contribution in [2.45, 2.75) is 24.3 Å². The molecule has 14 heavy (non-hydrogen) atoms. The van der Waals surface area contributed by atoms with E-state index >= 15 is 0 Å². The lowest BCUT2D eigenvalue weighted by molar-refractivity contribution is 0.598. The Morgan fingerprint density at radius 2 is 2.21 bits per heavy atom. The van der Waals surface area contributed by atoms with Gasteiger partial charge in [-0.1, -0.05) is 19.1 Å². The second kappa shape index (κ2) is 3.07. The second-order valence-electron chi connectivity index (χ2n) is 3.76. The number of fused-ring (bicyclic) bond motifs is 1. The van der Waals surface area contributed by atoms with E-state index in [-0.39, 0.29) is 11.7 Å². The summed E-state index contributed by atoms with van der Waals surface area (Å²) in [6.07, 6.45) is 0. The van der Waals surface area contributed by atoms with Crippen molar-refractivity contribution >= 4 is 9.84 Å². The number of hydrogen-bond donors (Lipinski definition) is 1. The van der Waals surface area contributed by atoms with Crippen LogP contribution in [0.15, 0.2) is 23.1 Å². The molecule has 0 radical (unpaired) electrons. The Morgan fingerprint density at radius 3 is 2.86 bits per heavy atom. The Morgan fingerprint density at radius 1 is 1.50 bits per heavy atom. The van der Waals surface area contributed by atoms with E-state index in [2.05, 4.69) is 0 Å². The highest BCUT2D eigenvalue weighted by Crippen LogP contribution is 2.34. The lowest BCUT2D eigenvalue weighted by atomic mass is 10.0. The Labute approximate surface area is 83.9 Å². The number of rotatable bonds is 1. The maximum Gasteiger partial charge on any atom is 0.179 e. The fourth-order valence-electron chi connectivity index (χ4n) is 1.90. The summed E-state index contributed by atoms with van der Waals surface area (Å²) < 4.78 is 23.3. The van der Waals surface area contributed by atoms with Gasteiger partial charge in [0.05, 0.1) is 10.6 Å². The van der Waals surface area contributed by atoms with E-state index < -0.39 is 9.84 Å². The van der Waals surface area contributed by atoms with Gasteiger partial charge in [0.2, 0.25) is 0 Å². The molecule has 0 aromatic heterocycles. The molecule has 0 aliphatic carbocycles. The molecule has 1 heterocycles. The van der Waals surface area contributed by atoms with Crippen LogP contribution in [0.1, 0.15) is 24.0 Å². The Bertz CT molecular complexity index is 465. The standard InChI is InChI=1S/C10H13NO2S/c1-7-6-14(12,13)10-3-2-8(5-11)4-9(7)10/h2-4,7H,5-6,11H2,1H3. The summed E-state index contributed by atoms with van der Waals surface area (Å²) in [5.41, 5.74) is 7.42. The van der Waals surface area contributed by atoms with E-state index in [1.165, 1.54) is 0 Å². The van der Waals surface area contributed by atoms with Crippen molar-refractivity contribution in [3.8, 4) is 0 Å². The van der Waals surface area contributed by atoms with E-state index in [9.17, 15) is 8.42 Å². The zero-order chi connectivity index (χ0) is 10.3. The molecule has 1 unspecified atom stereocenters. The molecule has 0 bridgehead atoms. The summed E-state index contributed by atoms with van der Waals surface area (Å²) >= 11 is 0. The van der Waals surface area contributed by atoms with Gasteiger partial charge in [-0.05, 0) is 23.1 Å². The van der Waals surface area contributed by atoms with Crippen LogP contribution in [-0.2, 0) is 16.4 Å². The molecular weight excluding hydrogens is 198 g/mol. The molecule has 1 aromatic rings. The van der Waals surface area contributed by atoms with Crippen LogP contribution in [0.5, 0.6) is 0 Å². The van der Waals surface area contributed by atoms with E-state index in [1.54, 1.807) is 12.1 Å². The van der Waals surface area contributed by atoms with Crippen molar-refractivity contribution in [1.82, 2.24) is 0 Å². The number of nitrogens with two attached hydrogens (primary N) is 1. The highest BCUT2D eigenvalue weighted by Gasteiger charge is 2.31. The third-order valence-electron chi connectivity index (χ3n) is 2.65. The van der Waals surface area contributed by atoms with Crippen LogP contribution in [0, 0.1) is 0 Å². The van der Waals surface area contributed by atoms with Crippen LogP contribution in [-0.4, -0.2) is 14.2 Å². The van der Waals surface area contributed by atoms with Gasteiger partial charge >= 0.3 is 0 Å². The Kier molecular flexibility index (Phi) is 2.12. The SMILES string of the molecule is CC1CS(=O)(=O)c2ccc(CN)cc21. The molecular formula is C10H13NO2S. The molecule has 1 atom stereocenters. The first-order valence-corrected chi connectivity index (χ1v) is 6.25. The quantitative estimate of drug-likeness (QED) is 0.755. The Balaban J connectivity index is 2.64. The minimum Gasteiger partial charge on any atom is -0.326 e. The van der Waals surface area contributed by atoms with Gasteiger partial charge < -0.3 is 5.73 Å². The average Bonchev–Trinajstić information content (AvgIpc) is 2.37. The first-order chi connectivity index (χ1) is 6.54. The zero-order valence-electron chi connectivity index (χ0n) is 8.03. The van der Waals surface area contributed by atoms with E-state index in [4.69, 9.17) is 5.73 Å². The summed E-state index contributed by atoms with van der Waals surface area (Å²) in [5, 5.41) is 0. The van der Waals surface area contributed by atoms with Crippen LogP contribution in [0.25, 0.3) is 0 Å². The molecule has 0 spiro atoms. The smallest absolute Gasteiger partial charge is 0.179 e. The minimum absolute atomic E-state index is 0.0986. The normalized spacial score (nSPS) is 23.4. The van der Waals surface area contributed by atoms with Crippen LogP contribution in [0.3, 0.4) is 0 Å². The predicted molar refractivity (Wildman–Crippen MR) is 54.8 cm³/mol. The number of sulfone groups is 1. The largest absolute Gasteiger partial charge is 0.326 e. The molecule has 1 aliphatic rings. The highest BCUT2D eigenvalue weighted by molar-refractivity contribution is 7.91. The van der Waals surface area contributed by atoms with Gasteiger partial charge in [-0.2, -0.15) is 0 Å². The second-order valence-corrected chi connectivity index (χ2v) is 5.76. The van der Waals surface area contributed by atoms with Crippen molar-refractivity contribution in [2.24, 2.45) is 5.73 Å². The van der Waals surface area contributed by atoms with Gasteiger partial charge in [-0.25, -0.2) is 8.42 Å². The first kappa shape index (κ1) is 9.68. The maximum atomic E-state index is 11.6. The van der Waals surface area contributed by atoms with Crippen LogP contribution in [0.4, 0.5) is 0 Å². The van der Waals surface area contributed by atoms with Crippen molar-refractivity contribution in [3.63, 3.8) is 0 Å². The third-order valence-corrected chi connectivity index (χ3v) is 4.63. The molecule has 2 N–H and O–H groups in total. The molecule has 0 amide bonds. The first-order valence-electron chi connectivity index (χ1n) is 4.60. The van der Waals surface area contributed by atoms with Gasteiger partial charge in [-0.15, -0.1) is 0 Å². The van der Waals surface area contributed by atoms with Crippen molar-refractivity contribution in [2.75, 3.05) is 5.75 Å². The summed E-state index contributed by atoms with van der Waals surface area (Å²) in [6.45, 7) is 2.39. The molecule has 4 heteroatoms. The van der Waals surface area contributed by atoms with Crippen molar-refractivity contribution in [1.29, 1.82) is 0 Å². The summed E-state index contributed by atoms with van der Waals surface area (Å²) in [4.78, 5) is 0.488. The molecule has 3 nitrogen and oxygen atoms in total. The fourth-order valence-corrected chi connectivity index (χ4v) is 3.81. The summed E-state index contributed by atoms with van der Waals surface area (Å²) in [6, 6.07) is 5.37. The topological polar surface area (TPSA) is 60.2 Å². The lowest BCUT2D eigenvalue weighted by Crippen LogP contribution is -2.00. The lowest BCUT2D eigenvalue weighted by Gasteiger charge is -2.03. The van der Waals surface area contributed by atoms with Gasteiger partial charge in [0, 0.05) is 6.54 Å². The van der Waals surface area contributed by atoms with Crippen LogP contribution in [0.2, 0.25) is 0 Å². The maximum absolute atomic E-state index is 11.6. The van der Waals surface area contributed by atoms with Crippen molar-refractivity contribution in [3.05, 3.63) is 29.3 Å². The molecule has 76 valence electrons. The predicted octanol–water partition coefficient (Wildman–Crippen LogP) is 1.04. The molecule has 1 aliphatic heterocycles. The molecule has 0 saturated carbocycles. The van der Waals surface area contributed by atoms with Crippen molar-refractivity contribution < 1.29 is 8.42 Å². The summed E-state index contributed by atoms with van der Waals surface area (Å²) in [7, 11) is -3.02. The van der Waals surface area contributed by atoms with Gasteiger partial charge in [0.1, 0.15) is 0 Å². The van der Waals surface area contributed by atoms with Gasteiger partial charge in [-0.3, -0.25) is 0 Å². The monoisotopic (exact) mass is 211 g/mol. The molecule has 2 rings (SSSR count). The zero-order valence-corrected chi connectivity index (χ0v) is 8.84. The van der Waals surface area contributed by atoms with Crippen LogP contribution < -0.4 is 5.73 Å². The molecule has 1 aromatic carbocycles. The molecule has 0 saturated heterocycles. The highest BCUT2D eigenvalue weighted by atomic mass is 32.2. The molecule has 0 fully saturated rings. The van der Waals surface area contributed by atoms with Gasteiger partial charge in [0.25, 0.3) is 0 Å². The Hall–Kier alpha value is -0.870. The number of hydrogen-bond acceptors (Lipinski definition) is 3. The van der Waals surface area contributed by atoms with E-state index in [0.29, 0.717) is 11.4 Å². The van der Waals surface area contributed by atoms with Crippen LogP contribution >= 0.6 is 0 Å². The van der Waals surface area contributed by atoms with E-state index in [1.807, 2.05) is 13.0 Å². The number of benzene rings is 1. The average molecular weight is 211 g/mol. The summed E-state index contributed by atoms with van der Waals surface area (Å²) in [5.74, 6) is 0.331. The van der Waals surface area contributed by atoms with E-state index in [0.717, 1.165) is 11.1 Å². The van der Waals surface area contributed by atoms with Gasteiger partial charge in [0.15, 0.2) is 9.84 Å². The minimum atomic E-state index is -3.02. The fraction of sp³-hybridized carbons (Fsp3) is 0.400. The third kappa shape index (κ3) is 1.35.